The highest BCUT2D eigenvalue weighted by atomic mass is 16.5. The molecule has 0 radical (unpaired) electrons. The molecule has 0 aromatic heterocycles. The zero-order valence-electron chi connectivity index (χ0n) is 17.6. The van der Waals surface area contributed by atoms with Crippen molar-refractivity contribution in [1.29, 1.82) is 0 Å². The molecular formula is C23H38N2O3. The molecule has 3 N–H and O–H groups in total. The lowest BCUT2D eigenvalue weighted by atomic mass is 9.96. The zero-order chi connectivity index (χ0) is 20.8. The van der Waals surface area contributed by atoms with Crippen LogP contribution in [0.3, 0.4) is 0 Å². The van der Waals surface area contributed by atoms with E-state index in [1.807, 2.05) is 30.3 Å². The van der Waals surface area contributed by atoms with Crippen LogP contribution in [-0.2, 0) is 16.0 Å². The van der Waals surface area contributed by atoms with Crippen molar-refractivity contribution in [3.8, 4) is 0 Å². The van der Waals surface area contributed by atoms with E-state index in [0.29, 0.717) is 12.8 Å². The predicted octanol–water partition coefficient (Wildman–Crippen LogP) is 4.86. The van der Waals surface area contributed by atoms with Crippen LogP contribution in [0.25, 0.3) is 0 Å². The van der Waals surface area contributed by atoms with E-state index >= 15 is 0 Å². The smallest absolute Gasteiger partial charge is 0.258 e. The van der Waals surface area contributed by atoms with Crippen molar-refractivity contribution < 1.29 is 14.8 Å². The highest BCUT2D eigenvalue weighted by molar-refractivity contribution is 5.99. The summed E-state index contributed by atoms with van der Waals surface area (Å²) in [5.41, 5.74) is 6.54. The van der Waals surface area contributed by atoms with E-state index in [0.717, 1.165) is 49.2 Å². The average molecular weight is 391 g/mol. The second-order valence-electron chi connectivity index (χ2n) is 7.66. The number of rotatable bonds is 15. The van der Waals surface area contributed by atoms with Crippen molar-refractivity contribution in [3.05, 3.63) is 35.9 Å². The van der Waals surface area contributed by atoms with Crippen molar-refractivity contribution in [2.45, 2.75) is 90.5 Å². The van der Waals surface area contributed by atoms with Gasteiger partial charge in [0.05, 0.1) is 6.04 Å². The Morgan fingerprint density at radius 2 is 1.54 bits per heavy atom. The molecule has 5 heteroatoms. The maximum Gasteiger partial charge on any atom is 0.258 e. The van der Waals surface area contributed by atoms with E-state index in [-0.39, 0.29) is 6.04 Å². The lowest BCUT2D eigenvalue weighted by Crippen LogP contribution is -2.45. The number of benzene rings is 1. The van der Waals surface area contributed by atoms with Gasteiger partial charge in [0.2, 0.25) is 5.91 Å². The summed E-state index contributed by atoms with van der Waals surface area (Å²) in [5.74, 6) is -2.22. The lowest BCUT2D eigenvalue weighted by molar-refractivity contribution is -0.183. The molecule has 0 spiro atoms. The van der Waals surface area contributed by atoms with Gasteiger partial charge in [-0.2, -0.15) is 0 Å². The Morgan fingerprint density at radius 1 is 0.929 bits per heavy atom. The molecule has 2 unspecified atom stereocenters. The standard InChI is InChI=1S/C23H38N2O3/c1-3-5-7-8-12-16-20(15-6-4-2)25(28)23(27)21(22(24)26)18-17-19-13-10-9-11-14-19/h9-11,13-14,20-21,28H,3-8,12,15-18H2,1-2H3,(H2,24,26). The van der Waals surface area contributed by atoms with Crippen LogP contribution < -0.4 is 5.73 Å². The summed E-state index contributed by atoms with van der Waals surface area (Å²) < 4.78 is 0. The minimum atomic E-state index is -0.991. The first kappa shape index (κ1) is 24.2. The Bertz CT molecular complexity index is 562. The van der Waals surface area contributed by atoms with Gasteiger partial charge in [0, 0.05) is 0 Å². The maximum absolute atomic E-state index is 12.8. The Kier molecular flexibility index (Phi) is 12.2. The van der Waals surface area contributed by atoms with E-state index < -0.39 is 17.7 Å². The quantitative estimate of drug-likeness (QED) is 0.194. The third-order valence-corrected chi connectivity index (χ3v) is 5.31. The van der Waals surface area contributed by atoms with Gasteiger partial charge < -0.3 is 5.73 Å². The van der Waals surface area contributed by atoms with Crippen LogP contribution in [0.5, 0.6) is 0 Å². The molecule has 158 valence electrons. The number of nitrogens with zero attached hydrogens (tertiary/aromatic N) is 1. The second kappa shape index (κ2) is 14.2. The fourth-order valence-corrected chi connectivity index (χ4v) is 3.49. The lowest BCUT2D eigenvalue weighted by Gasteiger charge is -2.28. The highest BCUT2D eigenvalue weighted by Gasteiger charge is 2.31. The average Bonchev–Trinajstić information content (AvgIpc) is 2.70. The van der Waals surface area contributed by atoms with Crippen LogP contribution >= 0.6 is 0 Å². The number of hydrogen-bond donors (Lipinski definition) is 2. The molecule has 0 aliphatic carbocycles. The largest absolute Gasteiger partial charge is 0.369 e. The number of amides is 2. The first-order chi connectivity index (χ1) is 13.5. The van der Waals surface area contributed by atoms with E-state index in [2.05, 4.69) is 13.8 Å². The molecule has 28 heavy (non-hydrogen) atoms. The molecule has 1 aromatic carbocycles. The van der Waals surface area contributed by atoms with Crippen molar-refractivity contribution in [1.82, 2.24) is 5.06 Å². The van der Waals surface area contributed by atoms with Gasteiger partial charge in [-0.3, -0.25) is 14.8 Å². The first-order valence-corrected chi connectivity index (χ1v) is 10.9. The fourth-order valence-electron chi connectivity index (χ4n) is 3.49. The number of carbonyl (C=O) groups is 2. The highest BCUT2D eigenvalue weighted by Crippen LogP contribution is 2.20. The van der Waals surface area contributed by atoms with Gasteiger partial charge in [0.15, 0.2) is 0 Å². The molecule has 0 aliphatic heterocycles. The van der Waals surface area contributed by atoms with E-state index in [9.17, 15) is 14.8 Å². The topological polar surface area (TPSA) is 83.6 Å². The predicted molar refractivity (Wildman–Crippen MR) is 113 cm³/mol. The third-order valence-electron chi connectivity index (χ3n) is 5.31. The summed E-state index contributed by atoms with van der Waals surface area (Å²) in [5, 5.41) is 11.4. The number of nitrogens with two attached hydrogens (primary N) is 1. The molecule has 0 fully saturated rings. The van der Waals surface area contributed by atoms with Crippen LogP contribution in [0, 0.1) is 5.92 Å². The summed E-state index contributed by atoms with van der Waals surface area (Å²) in [6.07, 6.45) is 9.99. The van der Waals surface area contributed by atoms with E-state index in [1.165, 1.54) is 19.3 Å². The van der Waals surface area contributed by atoms with Gasteiger partial charge in [-0.05, 0) is 31.2 Å². The molecule has 5 nitrogen and oxygen atoms in total. The first-order valence-electron chi connectivity index (χ1n) is 10.9. The minimum absolute atomic E-state index is 0.243. The SMILES string of the molecule is CCCCCCCC(CCCC)N(O)C(=O)C(CCc1ccccc1)C(N)=O. The van der Waals surface area contributed by atoms with E-state index in [1.54, 1.807) is 0 Å². The Morgan fingerprint density at radius 3 is 2.14 bits per heavy atom. The van der Waals surface area contributed by atoms with Gasteiger partial charge in [0.1, 0.15) is 5.92 Å². The summed E-state index contributed by atoms with van der Waals surface area (Å²) in [6, 6.07) is 9.45. The Hall–Kier alpha value is -1.88. The van der Waals surface area contributed by atoms with Gasteiger partial charge in [-0.1, -0.05) is 89.1 Å². The molecule has 2 atom stereocenters. The maximum atomic E-state index is 12.8. The Labute approximate surface area is 170 Å². The van der Waals surface area contributed by atoms with Crippen LogP contribution in [0.15, 0.2) is 30.3 Å². The second-order valence-corrected chi connectivity index (χ2v) is 7.66. The number of primary amides is 1. The van der Waals surface area contributed by atoms with Gasteiger partial charge >= 0.3 is 0 Å². The van der Waals surface area contributed by atoms with Crippen molar-refractivity contribution in [2.24, 2.45) is 11.7 Å². The number of unbranched alkanes of at least 4 members (excludes halogenated alkanes) is 5. The number of aryl methyl sites for hydroxylation is 1. The van der Waals surface area contributed by atoms with Crippen LogP contribution in [0.1, 0.15) is 83.6 Å². The fraction of sp³-hybridized carbons (Fsp3) is 0.652. The van der Waals surface area contributed by atoms with Crippen LogP contribution in [-0.4, -0.2) is 28.1 Å². The van der Waals surface area contributed by atoms with Crippen molar-refractivity contribution >= 4 is 11.8 Å². The molecule has 0 heterocycles. The molecule has 2 amide bonds. The molecule has 0 aliphatic rings. The molecule has 0 saturated heterocycles. The molecular weight excluding hydrogens is 352 g/mol. The molecule has 0 bridgehead atoms. The molecule has 1 aromatic rings. The van der Waals surface area contributed by atoms with Crippen molar-refractivity contribution in [3.63, 3.8) is 0 Å². The van der Waals surface area contributed by atoms with Crippen LogP contribution in [0.4, 0.5) is 0 Å². The van der Waals surface area contributed by atoms with Gasteiger partial charge in [-0.15, -0.1) is 0 Å². The molecule has 0 saturated carbocycles. The normalized spacial score (nSPS) is 13.1. The summed E-state index contributed by atoms with van der Waals surface area (Å²) >= 11 is 0. The monoisotopic (exact) mass is 390 g/mol. The minimum Gasteiger partial charge on any atom is -0.369 e. The van der Waals surface area contributed by atoms with Crippen molar-refractivity contribution in [2.75, 3.05) is 0 Å². The van der Waals surface area contributed by atoms with Gasteiger partial charge in [0.25, 0.3) is 5.91 Å². The summed E-state index contributed by atoms with van der Waals surface area (Å²) in [4.78, 5) is 24.7. The summed E-state index contributed by atoms with van der Waals surface area (Å²) in [6.45, 7) is 4.27. The van der Waals surface area contributed by atoms with E-state index in [4.69, 9.17) is 5.73 Å². The zero-order valence-corrected chi connectivity index (χ0v) is 17.6. The van der Waals surface area contributed by atoms with Gasteiger partial charge in [-0.25, -0.2) is 5.06 Å². The third kappa shape index (κ3) is 8.87. The molecule has 1 rings (SSSR count). The number of hydrogen-bond acceptors (Lipinski definition) is 3. The number of hydroxylamine groups is 2. The van der Waals surface area contributed by atoms with Crippen LogP contribution in [0.2, 0.25) is 0 Å². The number of carbonyl (C=O) groups excluding carboxylic acids is 2. The Balaban J connectivity index is 2.68. The summed E-state index contributed by atoms with van der Waals surface area (Å²) in [7, 11) is 0.